The first-order valence-corrected chi connectivity index (χ1v) is 7.11. The monoisotopic (exact) mass is 333 g/mol. The summed E-state index contributed by atoms with van der Waals surface area (Å²) in [6.07, 6.45) is 1.39. The van der Waals surface area contributed by atoms with E-state index < -0.39 is 0 Å². The van der Waals surface area contributed by atoms with Crippen LogP contribution in [0.1, 0.15) is 12.5 Å². The van der Waals surface area contributed by atoms with Crippen LogP contribution in [0.2, 0.25) is 5.02 Å². The zero-order valence-electron chi connectivity index (χ0n) is 13.1. The lowest BCUT2D eigenvalue weighted by Gasteiger charge is -2.16. The maximum absolute atomic E-state index is 11.6. The van der Waals surface area contributed by atoms with E-state index in [0.29, 0.717) is 17.9 Å². The average Bonchev–Trinajstić information content (AvgIpc) is 2.51. The lowest BCUT2D eigenvalue weighted by molar-refractivity contribution is -0.130. The number of carbonyl (C=O) groups is 1. The summed E-state index contributed by atoms with van der Waals surface area (Å²) in [4.78, 5) is 13.0. The molecule has 0 bridgehead atoms. The van der Waals surface area contributed by atoms with Gasteiger partial charge in [0, 0.05) is 14.1 Å². The van der Waals surface area contributed by atoms with Crippen LogP contribution in [0.5, 0.6) is 11.5 Å². The molecular formula is C16H16ClN3O3. The van der Waals surface area contributed by atoms with Crippen LogP contribution in [-0.4, -0.2) is 38.1 Å². The van der Waals surface area contributed by atoms with Gasteiger partial charge in [0.25, 0.3) is 5.91 Å². The summed E-state index contributed by atoms with van der Waals surface area (Å²) in [5.74, 6) is 0.369. The number of ether oxygens (including phenoxy) is 2. The number of rotatable bonds is 6. The van der Waals surface area contributed by atoms with Crippen molar-refractivity contribution in [2.24, 2.45) is 0 Å². The first-order valence-electron chi connectivity index (χ1n) is 6.74. The molecule has 0 aromatic heterocycles. The summed E-state index contributed by atoms with van der Waals surface area (Å²) in [5.41, 5.74) is 0.475. The third-order valence-electron chi connectivity index (χ3n) is 2.72. The van der Waals surface area contributed by atoms with Crippen molar-refractivity contribution in [1.82, 2.24) is 4.90 Å². The van der Waals surface area contributed by atoms with E-state index in [1.54, 1.807) is 39.2 Å². The minimum Gasteiger partial charge on any atom is -0.490 e. The Bertz CT molecular complexity index is 684. The molecule has 1 amide bonds. The molecule has 1 rings (SSSR count). The fraction of sp³-hybridized carbons (Fsp3) is 0.312. The smallest absolute Gasteiger partial charge is 0.259 e. The van der Waals surface area contributed by atoms with Gasteiger partial charge in [-0.05, 0) is 30.7 Å². The minimum atomic E-state index is -0.219. The molecule has 0 unspecified atom stereocenters. The molecule has 0 fully saturated rings. The Morgan fingerprint density at radius 3 is 2.48 bits per heavy atom. The molecular weight excluding hydrogens is 318 g/mol. The van der Waals surface area contributed by atoms with Gasteiger partial charge >= 0.3 is 0 Å². The summed E-state index contributed by atoms with van der Waals surface area (Å²) in [6, 6.07) is 6.68. The molecule has 1 aromatic rings. The van der Waals surface area contributed by atoms with Crippen molar-refractivity contribution >= 4 is 23.6 Å². The summed E-state index contributed by atoms with van der Waals surface area (Å²) >= 11 is 6.18. The minimum absolute atomic E-state index is 0.0556. The molecule has 23 heavy (non-hydrogen) atoms. The average molecular weight is 334 g/mol. The Hall–Kier alpha value is -2.70. The van der Waals surface area contributed by atoms with Crippen LogP contribution >= 0.6 is 11.6 Å². The molecule has 0 heterocycles. The first kappa shape index (κ1) is 18.3. The predicted molar refractivity (Wildman–Crippen MR) is 86.0 cm³/mol. The third-order valence-corrected chi connectivity index (χ3v) is 3.00. The van der Waals surface area contributed by atoms with Crippen LogP contribution in [0.3, 0.4) is 0 Å². The number of hydrogen-bond acceptors (Lipinski definition) is 5. The number of benzene rings is 1. The molecule has 0 saturated carbocycles. The quantitative estimate of drug-likeness (QED) is 0.747. The van der Waals surface area contributed by atoms with Gasteiger partial charge in [-0.15, -0.1) is 0 Å². The number of carbonyl (C=O) groups excluding carboxylic acids is 1. The normalized spacial score (nSPS) is 9.30. The zero-order chi connectivity index (χ0) is 17.4. The van der Waals surface area contributed by atoms with E-state index in [9.17, 15) is 4.79 Å². The maximum Gasteiger partial charge on any atom is 0.259 e. The number of amides is 1. The second-order valence-electron chi connectivity index (χ2n) is 4.62. The van der Waals surface area contributed by atoms with Crippen LogP contribution < -0.4 is 9.47 Å². The topological polar surface area (TPSA) is 86.3 Å². The molecule has 7 heteroatoms. The van der Waals surface area contributed by atoms with E-state index in [4.69, 9.17) is 31.6 Å². The van der Waals surface area contributed by atoms with E-state index in [-0.39, 0.29) is 28.9 Å². The van der Waals surface area contributed by atoms with E-state index >= 15 is 0 Å². The molecule has 0 spiro atoms. The van der Waals surface area contributed by atoms with E-state index in [1.807, 2.05) is 0 Å². The van der Waals surface area contributed by atoms with E-state index in [1.165, 1.54) is 17.0 Å². The zero-order valence-corrected chi connectivity index (χ0v) is 13.8. The Morgan fingerprint density at radius 1 is 1.30 bits per heavy atom. The van der Waals surface area contributed by atoms with Crippen molar-refractivity contribution in [3.63, 3.8) is 0 Å². The maximum atomic E-state index is 11.6. The molecule has 0 aliphatic heterocycles. The molecule has 120 valence electrons. The molecule has 0 atom stereocenters. The number of likely N-dealkylation sites (N-methyl/N-ethyl adjacent to an activating group) is 1. The van der Waals surface area contributed by atoms with Crippen molar-refractivity contribution in [1.29, 1.82) is 10.5 Å². The van der Waals surface area contributed by atoms with Gasteiger partial charge in [0.2, 0.25) is 0 Å². The van der Waals surface area contributed by atoms with Crippen molar-refractivity contribution in [3.8, 4) is 23.6 Å². The largest absolute Gasteiger partial charge is 0.490 e. The number of halogens is 1. The summed E-state index contributed by atoms with van der Waals surface area (Å²) < 4.78 is 10.9. The Balaban J connectivity index is 3.17. The van der Waals surface area contributed by atoms with Crippen LogP contribution in [0, 0.1) is 22.7 Å². The van der Waals surface area contributed by atoms with Crippen molar-refractivity contribution in [2.75, 3.05) is 27.3 Å². The summed E-state index contributed by atoms with van der Waals surface area (Å²) in [5, 5.41) is 17.8. The molecule has 0 aliphatic rings. The third kappa shape index (κ3) is 5.21. The fourth-order valence-corrected chi connectivity index (χ4v) is 1.87. The highest BCUT2D eigenvalue weighted by atomic mass is 35.5. The van der Waals surface area contributed by atoms with Gasteiger partial charge in [0.05, 0.1) is 11.6 Å². The second-order valence-corrected chi connectivity index (χ2v) is 5.03. The SMILES string of the molecule is CCOc1cc(C=C(C#N)C#N)cc(Cl)c1OCC(=O)N(C)C. The molecule has 0 aliphatic carbocycles. The van der Waals surface area contributed by atoms with Crippen LogP contribution in [0.25, 0.3) is 6.08 Å². The van der Waals surface area contributed by atoms with Gasteiger partial charge in [-0.25, -0.2) is 0 Å². The molecule has 0 N–H and O–H groups in total. The highest BCUT2D eigenvalue weighted by Gasteiger charge is 2.15. The lowest BCUT2D eigenvalue weighted by atomic mass is 10.1. The number of hydrogen-bond donors (Lipinski definition) is 0. The van der Waals surface area contributed by atoms with Gasteiger partial charge in [0.15, 0.2) is 18.1 Å². The Morgan fingerprint density at radius 2 is 1.96 bits per heavy atom. The van der Waals surface area contributed by atoms with Crippen molar-refractivity contribution in [2.45, 2.75) is 6.92 Å². The molecule has 0 saturated heterocycles. The van der Waals surface area contributed by atoms with Crippen molar-refractivity contribution < 1.29 is 14.3 Å². The molecule has 6 nitrogen and oxygen atoms in total. The van der Waals surface area contributed by atoms with Crippen molar-refractivity contribution in [3.05, 3.63) is 28.3 Å². The second kappa shape index (κ2) is 8.67. The lowest BCUT2D eigenvalue weighted by Crippen LogP contribution is -2.27. The highest BCUT2D eigenvalue weighted by Crippen LogP contribution is 2.37. The van der Waals surface area contributed by atoms with Gasteiger partial charge in [-0.3, -0.25) is 4.79 Å². The van der Waals surface area contributed by atoms with Gasteiger partial charge in [-0.2, -0.15) is 10.5 Å². The van der Waals surface area contributed by atoms with Crippen LogP contribution in [0.15, 0.2) is 17.7 Å². The van der Waals surface area contributed by atoms with E-state index in [0.717, 1.165) is 0 Å². The van der Waals surface area contributed by atoms with Gasteiger partial charge in [-0.1, -0.05) is 11.6 Å². The standard InChI is InChI=1S/C16H16ClN3O3/c1-4-22-14-7-11(5-12(8-18)9-19)6-13(17)16(14)23-10-15(21)20(2)3/h5-7H,4,10H2,1-3H3. The summed E-state index contributed by atoms with van der Waals surface area (Å²) in [6.45, 7) is 1.98. The highest BCUT2D eigenvalue weighted by molar-refractivity contribution is 6.32. The van der Waals surface area contributed by atoms with E-state index in [2.05, 4.69) is 0 Å². The fourth-order valence-electron chi connectivity index (χ4n) is 1.59. The number of nitrogens with zero attached hydrogens (tertiary/aromatic N) is 3. The number of nitriles is 2. The summed E-state index contributed by atoms with van der Waals surface area (Å²) in [7, 11) is 3.24. The van der Waals surface area contributed by atoms with Gasteiger partial charge < -0.3 is 14.4 Å². The van der Waals surface area contributed by atoms with Crippen LogP contribution in [-0.2, 0) is 4.79 Å². The van der Waals surface area contributed by atoms with Gasteiger partial charge in [0.1, 0.15) is 17.7 Å². The molecule has 0 radical (unpaired) electrons. The first-order chi connectivity index (χ1) is 10.9. The Kier molecular flexibility index (Phi) is 6.92. The number of allylic oxidation sites excluding steroid dienone is 1. The van der Waals surface area contributed by atoms with Crippen LogP contribution in [0.4, 0.5) is 0 Å². The Labute approximate surface area is 140 Å². The predicted octanol–water partition coefficient (Wildman–Crippen LogP) is 2.64. The molecule has 1 aromatic carbocycles.